The third-order valence-corrected chi connectivity index (χ3v) is 20.7. The zero-order valence-corrected chi connectivity index (χ0v) is 63.6. The first kappa shape index (κ1) is 95.6. The number of aliphatic hydroxyl groups is 14. The number of aliphatic hydroxyl groups excluding tert-OH is 14. The maximum Gasteiger partial charge on any atom is 0.364 e. The number of carboxylic acids is 2. The number of hydrogen-bond acceptors (Lipinski definition) is 27. The maximum atomic E-state index is 13.6. The molecule has 4 heterocycles. The van der Waals surface area contributed by atoms with Crippen molar-refractivity contribution in [3.63, 3.8) is 0 Å². The van der Waals surface area contributed by atoms with Crippen molar-refractivity contribution in [1.82, 2.24) is 16.0 Å². The summed E-state index contributed by atoms with van der Waals surface area (Å²) in [6, 6.07) is -4.73. The van der Waals surface area contributed by atoms with E-state index < -0.39 is 216 Å². The molecule has 0 aromatic heterocycles. The Morgan fingerprint density at radius 3 is 1.37 bits per heavy atom. The Morgan fingerprint density at radius 2 is 0.935 bits per heavy atom. The number of carbonyl (C=O) groups is 5. The first-order chi connectivity index (χ1) is 51.2. The molecule has 4 rings (SSSR count). The first-order valence-electron chi connectivity index (χ1n) is 39.7. The van der Waals surface area contributed by atoms with Gasteiger partial charge in [0.2, 0.25) is 17.7 Å². The van der Waals surface area contributed by atoms with Crippen LogP contribution in [-0.4, -0.2) is 290 Å². The molecule has 0 spiro atoms. The van der Waals surface area contributed by atoms with E-state index in [1.54, 1.807) is 6.08 Å². The minimum Gasteiger partial charge on any atom is -0.477 e. The molecule has 3 amide bonds. The van der Waals surface area contributed by atoms with Gasteiger partial charge in [-0.1, -0.05) is 212 Å². The number of rotatable bonds is 57. The summed E-state index contributed by atoms with van der Waals surface area (Å²) in [5.74, 6) is -13.1. The number of ether oxygens (including phenoxy) is 8. The summed E-state index contributed by atoms with van der Waals surface area (Å²) in [4.78, 5) is 65.1. The van der Waals surface area contributed by atoms with Gasteiger partial charge < -0.3 is 136 Å². The molecule has 624 valence electrons. The molecule has 107 heavy (non-hydrogen) atoms. The minimum atomic E-state index is -3.39. The summed E-state index contributed by atoms with van der Waals surface area (Å²) in [6.45, 7) is 1.13. The normalized spacial score (nSPS) is 30.8. The molecule has 0 bridgehead atoms. The molecule has 0 radical (unpaired) electrons. The SMILES string of the molecule is CCCCCCCCCCCCC/C=C/[C@@H](O)[C@H](CO[C@@H]1O[C@H](CO)[C@@H](O[C@@H]2O[C@H](CO)[C@H](O)[C@H](O[C@]3(C(=O)O)C[C@H](O)[C@@H](NC(C)=O)C([C@H](O)[C@@H](CO)O[C@]4(C(=O)O)C[C@H](O)[C@@H](NC(C)=O)C([C@H](O)[C@H](O)CO)O4)O3)[C@H]2O)[C@H](O)[C@H]1O)NC(=O)CCCCCCCCCCCCCCCCCCCCCC. The van der Waals surface area contributed by atoms with Gasteiger partial charge in [0.1, 0.15) is 85.5 Å². The fraction of sp³-hybridized carbons (Fsp3) is 0.907. The minimum absolute atomic E-state index is 0.156. The summed E-state index contributed by atoms with van der Waals surface area (Å²) >= 11 is 0. The highest BCUT2D eigenvalue weighted by Crippen LogP contribution is 2.41. The highest BCUT2D eigenvalue weighted by molar-refractivity contribution is 5.78. The second-order valence-electron chi connectivity index (χ2n) is 29.7. The highest BCUT2D eigenvalue weighted by Gasteiger charge is 2.62. The highest BCUT2D eigenvalue weighted by atomic mass is 16.8. The summed E-state index contributed by atoms with van der Waals surface area (Å²) in [6.07, 6.45) is -1.43. The van der Waals surface area contributed by atoms with Crippen molar-refractivity contribution in [2.45, 2.75) is 398 Å². The largest absolute Gasteiger partial charge is 0.477 e. The van der Waals surface area contributed by atoms with Crippen molar-refractivity contribution < 1.29 is 144 Å². The molecule has 0 aromatic carbocycles. The lowest BCUT2D eigenvalue weighted by Gasteiger charge is -2.51. The van der Waals surface area contributed by atoms with E-state index in [2.05, 4.69) is 29.8 Å². The van der Waals surface area contributed by atoms with Crippen LogP contribution in [0.4, 0.5) is 0 Å². The molecule has 4 fully saturated rings. The Labute approximate surface area is 630 Å². The van der Waals surface area contributed by atoms with Crippen molar-refractivity contribution in [2.24, 2.45) is 0 Å². The standard InChI is InChI=1S/C75H135N3O29/c1-5-7-9-11-13-15-17-19-20-21-22-23-24-25-27-29-31-33-35-37-39-57(89)78-49(50(85)38-36-34-32-30-28-26-18-16-14-12-10-8-6-2)46-100-70-64(94)63(93)66(56(45-82)102-70)103-71-65(95)69(61(91)54(43-80)101-71)107-75(73(98)99)41-52(87)59(77-48(4)84)68(106-75)62(92)55(44-81)104-74(72(96)97)40-51(86)58(76-47(3)83)67(105-74)60(90)53(88)42-79/h36,38,49-56,58-71,79-82,85-88,90-95H,5-35,37,39-46H2,1-4H3,(H,76,83)(H,77,84)(H,78,89)(H,96,97)(H,98,99)/b38-36+/t49-,50+,51-,52-,53+,54+,55+,56+,58+,59+,60+,61-,62+,63+,64+,65+,66+,67?,68?,69-,70+,71-,74+,75-/m0/s1. The Balaban J connectivity index is 1.45. The molecule has 0 aliphatic carbocycles. The summed E-state index contributed by atoms with van der Waals surface area (Å²) in [5.41, 5.74) is 0. The maximum absolute atomic E-state index is 13.6. The molecule has 4 aliphatic rings. The topological polar surface area (TPSA) is 519 Å². The van der Waals surface area contributed by atoms with Crippen molar-refractivity contribution in [1.29, 1.82) is 0 Å². The van der Waals surface area contributed by atoms with E-state index >= 15 is 0 Å². The van der Waals surface area contributed by atoms with Crippen LogP contribution < -0.4 is 16.0 Å². The predicted molar refractivity (Wildman–Crippen MR) is 386 cm³/mol. The lowest BCUT2D eigenvalue weighted by atomic mass is 9.87. The number of carboxylic acid groups (broad SMARTS) is 2. The number of hydrogen-bond donors (Lipinski definition) is 19. The Kier molecular flexibility index (Phi) is 46.2. The van der Waals surface area contributed by atoms with Gasteiger partial charge in [-0.15, -0.1) is 0 Å². The average Bonchev–Trinajstić information content (AvgIpc) is 0.755. The summed E-state index contributed by atoms with van der Waals surface area (Å²) in [5, 5.41) is 185. The monoisotopic (exact) mass is 1540 g/mol. The smallest absolute Gasteiger partial charge is 0.364 e. The molecule has 0 aromatic rings. The van der Waals surface area contributed by atoms with Gasteiger partial charge in [-0.05, 0) is 19.3 Å². The van der Waals surface area contributed by atoms with Gasteiger partial charge in [-0.2, -0.15) is 0 Å². The summed E-state index contributed by atoms with van der Waals surface area (Å²) < 4.78 is 46.5. The molecule has 0 saturated carbocycles. The van der Waals surface area contributed by atoms with Gasteiger partial charge in [0.25, 0.3) is 11.6 Å². The third kappa shape index (κ3) is 31.6. The zero-order chi connectivity index (χ0) is 79.1. The van der Waals surface area contributed by atoms with E-state index in [4.69, 9.17) is 37.9 Å². The fourth-order valence-electron chi connectivity index (χ4n) is 14.4. The van der Waals surface area contributed by atoms with Gasteiger partial charge in [0.05, 0.1) is 69.5 Å². The van der Waals surface area contributed by atoms with Gasteiger partial charge in [0, 0.05) is 33.1 Å². The first-order valence-corrected chi connectivity index (χ1v) is 39.7. The lowest BCUT2D eigenvalue weighted by molar-refractivity contribution is -0.388. The van der Waals surface area contributed by atoms with E-state index in [9.17, 15) is 106 Å². The Hall–Kier alpha value is -3.79. The van der Waals surface area contributed by atoms with Crippen molar-refractivity contribution in [3.8, 4) is 0 Å². The predicted octanol–water partition coefficient (Wildman–Crippen LogP) is 2.29. The lowest BCUT2D eigenvalue weighted by Crippen LogP contribution is -2.72. The number of allylic oxidation sites excluding steroid dienone is 1. The van der Waals surface area contributed by atoms with E-state index in [1.807, 2.05) is 6.08 Å². The molecule has 19 N–H and O–H groups in total. The van der Waals surface area contributed by atoms with E-state index in [1.165, 1.54) is 141 Å². The van der Waals surface area contributed by atoms with Gasteiger partial charge in [-0.3, -0.25) is 14.4 Å². The molecule has 2 unspecified atom stereocenters. The number of amides is 3. The molecule has 4 saturated heterocycles. The van der Waals surface area contributed by atoms with Crippen LogP contribution in [0, 0.1) is 0 Å². The fourth-order valence-corrected chi connectivity index (χ4v) is 14.4. The molecular weight excluding hydrogens is 1410 g/mol. The van der Waals surface area contributed by atoms with Crippen LogP contribution in [-0.2, 0) is 61.9 Å². The van der Waals surface area contributed by atoms with Crippen molar-refractivity contribution in [3.05, 3.63) is 12.2 Å². The average molecular weight is 1540 g/mol. The van der Waals surface area contributed by atoms with Crippen molar-refractivity contribution in [2.75, 3.05) is 33.0 Å². The van der Waals surface area contributed by atoms with Gasteiger partial charge in [-0.25, -0.2) is 9.59 Å². The number of carbonyl (C=O) groups excluding carboxylic acids is 3. The molecule has 4 aliphatic heterocycles. The van der Waals surface area contributed by atoms with E-state index in [0.29, 0.717) is 12.8 Å². The second-order valence-corrected chi connectivity index (χ2v) is 29.7. The van der Waals surface area contributed by atoms with E-state index in [0.717, 1.165) is 65.2 Å². The second kappa shape index (κ2) is 51.8. The summed E-state index contributed by atoms with van der Waals surface area (Å²) in [7, 11) is 0. The molecular formula is C75H135N3O29. The molecule has 32 nitrogen and oxygen atoms in total. The van der Waals surface area contributed by atoms with Crippen LogP contribution in [0.25, 0.3) is 0 Å². The van der Waals surface area contributed by atoms with Gasteiger partial charge >= 0.3 is 11.9 Å². The number of unbranched alkanes of at least 4 members (excludes halogenated alkanes) is 30. The number of aliphatic carboxylic acids is 2. The molecule has 24 atom stereocenters. The van der Waals surface area contributed by atoms with Crippen LogP contribution in [0.2, 0.25) is 0 Å². The van der Waals surface area contributed by atoms with Crippen LogP contribution >= 0.6 is 0 Å². The van der Waals surface area contributed by atoms with Crippen LogP contribution in [0.15, 0.2) is 12.2 Å². The third-order valence-electron chi connectivity index (χ3n) is 20.7. The van der Waals surface area contributed by atoms with E-state index in [-0.39, 0.29) is 12.3 Å². The Bertz CT molecular complexity index is 2500. The van der Waals surface area contributed by atoms with Crippen molar-refractivity contribution >= 4 is 29.7 Å². The van der Waals surface area contributed by atoms with Gasteiger partial charge in [0.15, 0.2) is 12.6 Å². The van der Waals surface area contributed by atoms with Crippen LogP contribution in [0.5, 0.6) is 0 Å². The van der Waals surface area contributed by atoms with Crippen LogP contribution in [0.3, 0.4) is 0 Å². The molecule has 32 heteroatoms. The zero-order valence-electron chi connectivity index (χ0n) is 63.6. The Morgan fingerprint density at radius 1 is 0.505 bits per heavy atom. The van der Waals surface area contributed by atoms with Crippen LogP contribution in [0.1, 0.15) is 252 Å². The quantitative estimate of drug-likeness (QED) is 0.0307. The number of nitrogens with one attached hydrogen (secondary N) is 3.